The largest absolute Gasteiger partial charge is 0.496 e. The van der Waals surface area contributed by atoms with E-state index in [-0.39, 0.29) is 16.2 Å². The summed E-state index contributed by atoms with van der Waals surface area (Å²) in [4.78, 5) is 15.1. The van der Waals surface area contributed by atoms with Crippen LogP contribution in [0, 0.1) is 0 Å². The van der Waals surface area contributed by atoms with Gasteiger partial charge in [0.1, 0.15) is 11.3 Å². The van der Waals surface area contributed by atoms with Gasteiger partial charge in [-0.3, -0.25) is 4.98 Å². The van der Waals surface area contributed by atoms with Crippen LogP contribution in [-0.2, 0) is 10.0 Å². The Balaban J connectivity index is 2.36. The molecule has 7 nitrogen and oxygen atoms in total. The predicted octanol–water partition coefficient (Wildman–Crippen LogP) is 2.22. The first-order valence-electron chi connectivity index (χ1n) is 7.22. The Hall–Kier alpha value is -2.45. The molecule has 0 bridgehead atoms. The van der Waals surface area contributed by atoms with E-state index in [0.29, 0.717) is 6.42 Å². The number of ether oxygens (including phenoxy) is 1. The number of aromatic carboxylic acids is 1. The monoisotopic (exact) mass is 350 g/mol. The maximum atomic E-state index is 12.6. The number of sulfonamides is 1. The molecule has 1 aromatic carbocycles. The van der Waals surface area contributed by atoms with Gasteiger partial charge in [-0.25, -0.2) is 17.9 Å². The summed E-state index contributed by atoms with van der Waals surface area (Å²) in [6.07, 6.45) is 3.72. The van der Waals surface area contributed by atoms with Crippen LogP contribution >= 0.6 is 0 Å². The molecule has 2 aromatic rings. The van der Waals surface area contributed by atoms with Crippen LogP contribution in [0.2, 0.25) is 0 Å². The number of nitrogens with one attached hydrogen (secondary N) is 1. The SMILES string of the molecule is CCC(NS(=O)(=O)c1ccc(OC)c(C(=O)O)c1)c1cccnc1. The van der Waals surface area contributed by atoms with Gasteiger partial charge in [0.25, 0.3) is 0 Å². The summed E-state index contributed by atoms with van der Waals surface area (Å²) in [6, 6.07) is 6.76. The van der Waals surface area contributed by atoms with E-state index in [1.165, 1.54) is 19.2 Å². The smallest absolute Gasteiger partial charge is 0.339 e. The van der Waals surface area contributed by atoms with Crippen LogP contribution in [0.25, 0.3) is 0 Å². The van der Waals surface area contributed by atoms with Crippen molar-refractivity contribution in [1.82, 2.24) is 9.71 Å². The minimum atomic E-state index is -3.90. The predicted molar refractivity (Wildman–Crippen MR) is 87.5 cm³/mol. The van der Waals surface area contributed by atoms with Crippen molar-refractivity contribution in [2.45, 2.75) is 24.3 Å². The van der Waals surface area contributed by atoms with E-state index < -0.39 is 22.0 Å². The molecule has 8 heteroatoms. The molecule has 24 heavy (non-hydrogen) atoms. The normalized spacial score (nSPS) is 12.6. The van der Waals surface area contributed by atoms with Gasteiger partial charge in [-0.15, -0.1) is 0 Å². The van der Waals surface area contributed by atoms with Gasteiger partial charge in [0, 0.05) is 18.4 Å². The zero-order valence-electron chi connectivity index (χ0n) is 13.3. The van der Waals surface area contributed by atoms with E-state index in [4.69, 9.17) is 4.74 Å². The van der Waals surface area contributed by atoms with Gasteiger partial charge in [0.05, 0.1) is 12.0 Å². The van der Waals surface area contributed by atoms with Crippen LogP contribution in [0.1, 0.15) is 35.3 Å². The van der Waals surface area contributed by atoms with Gasteiger partial charge in [-0.05, 0) is 36.2 Å². The molecule has 128 valence electrons. The number of pyridine rings is 1. The molecule has 2 rings (SSSR count). The second-order valence-electron chi connectivity index (χ2n) is 5.04. The third-order valence-electron chi connectivity index (χ3n) is 3.50. The molecule has 1 atom stereocenters. The number of nitrogens with zero attached hydrogens (tertiary/aromatic N) is 1. The van der Waals surface area contributed by atoms with E-state index in [0.717, 1.165) is 11.6 Å². The molecule has 0 saturated carbocycles. The van der Waals surface area contributed by atoms with Crippen molar-refractivity contribution >= 4 is 16.0 Å². The lowest BCUT2D eigenvalue weighted by Crippen LogP contribution is -2.28. The quantitative estimate of drug-likeness (QED) is 0.793. The minimum absolute atomic E-state index is 0.0979. The molecule has 1 heterocycles. The Morgan fingerprint density at radius 1 is 1.38 bits per heavy atom. The Morgan fingerprint density at radius 3 is 2.67 bits per heavy atom. The van der Waals surface area contributed by atoms with Gasteiger partial charge < -0.3 is 9.84 Å². The van der Waals surface area contributed by atoms with E-state index in [1.807, 2.05) is 6.92 Å². The van der Waals surface area contributed by atoms with Gasteiger partial charge in [-0.2, -0.15) is 0 Å². The van der Waals surface area contributed by atoms with Crippen LogP contribution in [0.4, 0.5) is 0 Å². The zero-order valence-corrected chi connectivity index (χ0v) is 14.1. The molecule has 0 fully saturated rings. The molecule has 0 amide bonds. The van der Waals surface area contributed by atoms with Crippen molar-refractivity contribution in [3.05, 3.63) is 53.9 Å². The fourth-order valence-electron chi connectivity index (χ4n) is 2.25. The summed E-state index contributed by atoms with van der Waals surface area (Å²) in [5, 5.41) is 9.19. The standard InChI is InChI=1S/C16H18N2O5S/c1-3-14(11-5-4-8-17-10-11)18-24(21,22)12-6-7-15(23-2)13(9-12)16(19)20/h4-10,14,18H,3H2,1-2H3,(H,19,20). The number of methoxy groups -OCH3 is 1. The molecule has 0 aliphatic carbocycles. The Labute approximate surface area is 140 Å². The topological polar surface area (TPSA) is 106 Å². The average molecular weight is 350 g/mol. The van der Waals surface area contributed by atoms with Crippen LogP contribution in [-0.4, -0.2) is 31.6 Å². The highest BCUT2D eigenvalue weighted by Gasteiger charge is 2.23. The highest BCUT2D eigenvalue weighted by atomic mass is 32.2. The second-order valence-corrected chi connectivity index (χ2v) is 6.75. The summed E-state index contributed by atoms with van der Waals surface area (Å²) in [7, 11) is -2.57. The molecule has 1 aromatic heterocycles. The van der Waals surface area contributed by atoms with Crippen LogP contribution in [0.15, 0.2) is 47.6 Å². The van der Waals surface area contributed by atoms with Gasteiger partial charge in [0.15, 0.2) is 0 Å². The van der Waals surface area contributed by atoms with Crippen molar-refractivity contribution in [3.63, 3.8) is 0 Å². The lowest BCUT2D eigenvalue weighted by Gasteiger charge is -2.17. The lowest BCUT2D eigenvalue weighted by atomic mass is 10.1. The summed E-state index contributed by atoms with van der Waals surface area (Å²) < 4.78 is 32.7. The Morgan fingerprint density at radius 2 is 2.12 bits per heavy atom. The van der Waals surface area contributed by atoms with Gasteiger partial charge >= 0.3 is 5.97 Å². The number of hydrogen-bond donors (Lipinski definition) is 2. The van der Waals surface area contributed by atoms with Gasteiger partial charge in [0.2, 0.25) is 10.0 Å². The summed E-state index contributed by atoms with van der Waals surface area (Å²) in [6.45, 7) is 1.84. The zero-order chi connectivity index (χ0) is 17.7. The first-order valence-corrected chi connectivity index (χ1v) is 8.71. The number of carboxylic acids is 1. The van der Waals surface area contributed by atoms with Crippen molar-refractivity contribution in [2.75, 3.05) is 7.11 Å². The molecule has 0 radical (unpaired) electrons. The number of hydrogen-bond acceptors (Lipinski definition) is 5. The fourth-order valence-corrected chi connectivity index (χ4v) is 3.58. The van der Waals surface area contributed by atoms with Crippen LogP contribution in [0.5, 0.6) is 5.75 Å². The molecular formula is C16H18N2O5S. The highest BCUT2D eigenvalue weighted by molar-refractivity contribution is 7.89. The summed E-state index contributed by atoms with van der Waals surface area (Å²) in [5.74, 6) is -1.16. The van der Waals surface area contributed by atoms with Crippen LogP contribution in [0.3, 0.4) is 0 Å². The third kappa shape index (κ3) is 3.90. The van der Waals surface area contributed by atoms with E-state index in [1.54, 1.807) is 24.5 Å². The maximum absolute atomic E-state index is 12.6. The number of rotatable bonds is 7. The molecule has 0 aliphatic heterocycles. The minimum Gasteiger partial charge on any atom is -0.496 e. The van der Waals surface area contributed by atoms with Crippen molar-refractivity contribution < 1.29 is 23.1 Å². The van der Waals surface area contributed by atoms with Gasteiger partial charge in [-0.1, -0.05) is 13.0 Å². The number of carboxylic acid groups (broad SMARTS) is 1. The number of aromatic nitrogens is 1. The fraction of sp³-hybridized carbons (Fsp3) is 0.250. The maximum Gasteiger partial charge on any atom is 0.339 e. The molecule has 0 aliphatic rings. The van der Waals surface area contributed by atoms with E-state index >= 15 is 0 Å². The third-order valence-corrected chi connectivity index (χ3v) is 4.97. The Bertz CT molecular complexity index is 822. The first kappa shape index (κ1) is 17.9. The molecular weight excluding hydrogens is 332 g/mol. The van der Waals surface area contributed by atoms with E-state index in [9.17, 15) is 18.3 Å². The van der Waals surface area contributed by atoms with Crippen LogP contribution < -0.4 is 9.46 Å². The highest BCUT2D eigenvalue weighted by Crippen LogP contribution is 2.24. The van der Waals surface area contributed by atoms with Crippen molar-refractivity contribution in [2.24, 2.45) is 0 Å². The molecule has 1 unspecified atom stereocenters. The average Bonchev–Trinajstić information content (AvgIpc) is 2.59. The molecule has 0 spiro atoms. The second kappa shape index (κ2) is 7.41. The summed E-state index contributed by atoms with van der Waals surface area (Å²) >= 11 is 0. The molecule has 0 saturated heterocycles. The number of carbonyl (C=O) groups is 1. The summed E-state index contributed by atoms with van der Waals surface area (Å²) in [5.41, 5.74) is 0.519. The van der Waals surface area contributed by atoms with Crippen molar-refractivity contribution in [1.29, 1.82) is 0 Å². The van der Waals surface area contributed by atoms with Crippen molar-refractivity contribution in [3.8, 4) is 5.75 Å². The Kier molecular flexibility index (Phi) is 5.53. The first-order chi connectivity index (χ1) is 11.4. The molecule has 2 N–H and O–H groups in total. The van der Waals surface area contributed by atoms with E-state index in [2.05, 4.69) is 9.71 Å². The number of benzene rings is 1. The lowest BCUT2D eigenvalue weighted by molar-refractivity contribution is 0.0693.